The van der Waals surface area contributed by atoms with Gasteiger partial charge in [0.2, 0.25) is 5.95 Å². The molecule has 1 aromatic rings. The SMILES string of the molecule is CN(C)CCN(C)c1nc(N)ncc1Cl. The van der Waals surface area contributed by atoms with Gasteiger partial charge in [-0.15, -0.1) is 0 Å². The van der Waals surface area contributed by atoms with E-state index in [0.29, 0.717) is 10.8 Å². The van der Waals surface area contributed by atoms with E-state index in [2.05, 4.69) is 14.9 Å². The molecule has 2 N–H and O–H groups in total. The summed E-state index contributed by atoms with van der Waals surface area (Å²) in [6.45, 7) is 1.76. The number of likely N-dealkylation sites (N-methyl/N-ethyl adjacent to an activating group) is 2. The van der Waals surface area contributed by atoms with E-state index in [1.54, 1.807) is 0 Å². The zero-order chi connectivity index (χ0) is 11.4. The van der Waals surface area contributed by atoms with Gasteiger partial charge in [-0.3, -0.25) is 0 Å². The van der Waals surface area contributed by atoms with Crippen molar-refractivity contribution >= 4 is 23.4 Å². The molecular formula is C9H16ClN5. The van der Waals surface area contributed by atoms with E-state index < -0.39 is 0 Å². The summed E-state index contributed by atoms with van der Waals surface area (Å²) in [5, 5.41) is 0.519. The van der Waals surface area contributed by atoms with Crippen LogP contribution in [0.25, 0.3) is 0 Å². The fourth-order valence-corrected chi connectivity index (χ4v) is 1.33. The maximum Gasteiger partial charge on any atom is 0.222 e. The second-order valence-electron chi connectivity index (χ2n) is 3.62. The summed E-state index contributed by atoms with van der Waals surface area (Å²) in [5.74, 6) is 0.914. The van der Waals surface area contributed by atoms with Gasteiger partial charge in [-0.2, -0.15) is 4.98 Å². The molecule has 0 bridgehead atoms. The highest BCUT2D eigenvalue weighted by Crippen LogP contribution is 2.21. The van der Waals surface area contributed by atoms with Gasteiger partial charge >= 0.3 is 0 Å². The van der Waals surface area contributed by atoms with Gasteiger partial charge in [0.25, 0.3) is 0 Å². The smallest absolute Gasteiger partial charge is 0.222 e. The summed E-state index contributed by atoms with van der Waals surface area (Å²) in [6.07, 6.45) is 1.52. The van der Waals surface area contributed by atoms with Crippen LogP contribution in [0, 0.1) is 0 Å². The first kappa shape index (κ1) is 12.0. The Bertz CT molecular complexity index is 328. The molecule has 0 amide bonds. The lowest BCUT2D eigenvalue weighted by Gasteiger charge is -2.21. The molecule has 0 spiro atoms. The molecule has 0 saturated carbocycles. The predicted molar refractivity (Wildman–Crippen MR) is 63.3 cm³/mol. The largest absolute Gasteiger partial charge is 0.368 e. The number of aromatic nitrogens is 2. The molecule has 0 aliphatic rings. The maximum absolute atomic E-state index is 5.97. The van der Waals surface area contributed by atoms with Crippen LogP contribution in [0.4, 0.5) is 11.8 Å². The third-order valence-corrected chi connectivity index (χ3v) is 2.26. The average Bonchev–Trinajstić information content (AvgIpc) is 2.18. The standard InChI is InChI=1S/C9H16ClN5/c1-14(2)4-5-15(3)8-7(10)6-12-9(11)13-8/h6H,4-5H2,1-3H3,(H2,11,12,13). The Balaban J connectivity index is 2.72. The van der Waals surface area contributed by atoms with Crippen molar-refractivity contribution in [1.29, 1.82) is 0 Å². The molecule has 6 heteroatoms. The van der Waals surface area contributed by atoms with Crippen LogP contribution in [0.15, 0.2) is 6.20 Å². The first-order chi connectivity index (χ1) is 7.00. The molecule has 15 heavy (non-hydrogen) atoms. The lowest BCUT2D eigenvalue weighted by atomic mass is 10.4. The number of halogens is 1. The summed E-state index contributed by atoms with van der Waals surface area (Å²) in [4.78, 5) is 12.0. The minimum Gasteiger partial charge on any atom is -0.368 e. The van der Waals surface area contributed by atoms with E-state index in [1.807, 2.05) is 26.0 Å². The molecule has 0 aromatic carbocycles. The second-order valence-corrected chi connectivity index (χ2v) is 4.03. The fourth-order valence-electron chi connectivity index (χ4n) is 1.09. The van der Waals surface area contributed by atoms with Crippen molar-refractivity contribution in [2.45, 2.75) is 0 Å². The van der Waals surface area contributed by atoms with Crippen LogP contribution in [0.2, 0.25) is 5.02 Å². The Labute approximate surface area is 94.9 Å². The van der Waals surface area contributed by atoms with Crippen LogP contribution in [-0.4, -0.2) is 49.1 Å². The minimum absolute atomic E-state index is 0.242. The Morgan fingerprint density at radius 2 is 2.00 bits per heavy atom. The third kappa shape index (κ3) is 3.53. The number of anilines is 2. The number of rotatable bonds is 4. The summed E-state index contributed by atoms with van der Waals surface area (Å²) in [6, 6.07) is 0. The topological polar surface area (TPSA) is 58.3 Å². The number of nitrogens with zero attached hydrogens (tertiary/aromatic N) is 4. The molecule has 1 rings (SSSR count). The Morgan fingerprint density at radius 1 is 1.33 bits per heavy atom. The van der Waals surface area contributed by atoms with Crippen molar-refractivity contribution in [3.05, 3.63) is 11.2 Å². The third-order valence-electron chi connectivity index (χ3n) is 1.99. The molecule has 0 aliphatic heterocycles. The van der Waals surface area contributed by atoms with Gasteiger partial charge in [-0.25, -0.2) is 4.98 Å². The first-order valence-corrected chi connectivity index (χ1v) is 5.02. The van der Waals surface area contributed by atoms with Crippen LogP contribution in [0.1, 0.15) is 0 Å². The van der Waals surface area contributed by atoms with Gasteiger partial charge in [-0.05, 0) is 14.1 Å². The Kier molecular flexibility index (Phi) is 4.11. The van der Waals surface area contributed by atoms with Gasteiger partial charge in [-0.1, -0.05) is 11.6 Å². The van der Waals surface area contributed by atoms with Gasteiger partial charge < -0.3 is 15.5 Å². The van der Waals surface area contributed by atoms with Crippen molar-refractivity contribution in [3.63, 3.8) is 0 Å². The quantitative estimate of drug-likeness (QED) is 0.824. The van der Waals surface area contributed by atoms with Crippen molar-refractivity contribution in [1.82, 2.24) is 14.9 Å². The van der Waals surface area contributed by atoms with Crippen molar-refractivity contribution in [2.75, 3.05) is 44.9 Å². The zero-order valence-corrected chi connectivity index (χ0v) is 9.99. The van der Waals surface area contributed by atoms with Gasteiger partial charge in [0.1, 0.15) is 5.02 Å². The van der Waals surface area contributed by atoms with E-state index in [1.165, 1.54) is 6.20 Å². The number of nitrogens with two attached hydrogens (primary N) is 1. The Hall–Kier alpha value is -1.07. The molecule has 0 radical (unpaired) electrons. The number of hydrogen-bond acceptors (Lipinski definition) is 5. The van der Waals surface area contributed by atoms with Crippen LogP contribution in [-0.2, 0) is 0 Å². The van der Waals surface area contributed by atoms with Crippen LogP contribution < -0.4 is 10.6 Å². The van der Waals surface area contributed by atoms with Crippen molar-refractivity contribution in [2.24, 2.45) is 0 Å². The summed E-state index contributed by atoms with van der Waals surface area (Å²) < 4.78 is 0. The van der Waals surface area contributed by atoms with E-state index >= 15 is 0 Å². The molecule has 84 valence electrons. The summed E-state index contributed by atoms with van der Waals surface area (Å²) in [5.41, 5.74) is 5.50. The van der Waals surface area contributed by atoms with E-state index in [4.69, 9.17) is 17.3 Å². The lowest BCUT2D eigenvalue weighted by molar-refractivity contribution is 0.416. The zero-order valence-electron chi connectivity index (χ0n) is 9.24. The van der Waals surface area contributed by atoms with Gasteiger partial charge in [0.15, 0.2) is 5.82 Å². The summed E-state index contributed by atoms with van der Waals surface area (Å²) >= 11 is 5.97. The van der Waals surface area contributed by atoms with Crippen molar-refractivity contribution in [3.8, 4) is 0 Å². The molecular weight excluding hydrogens is 214 g/mol. The predicted octanol–water partition coefficient (Wildman–Crippen LogP) is 0.710. The molecule has 1 heterocycles. The van der Waals surface area contributed by atoms with Gasteiger partial charge in [0, 0.05) is 20.1 Å². The van der Waals surface area contributed by atoms with Crippen LogP contribution in [0.3, 0.4) is 0 Å². The highest BCUT2D eigenvalue weighted by molar-refractivity contribution is 6.32. The minimum atomic E-state index is 0.242. The number of hydrogen-bond donors (Lipinski definition) is 1. The molecule has 1 aromatic heterocycles. The first-order valence-electron chi connectivity index (χ1n) is 4.64. The Morgan fingerprint density at radius 3 is 2.60 bits per heavy atom. The molecule has 5 nitrogen and oxygen atoms in total. The highest BCUT2D eigenvalue weighted by atomic mass is 35.5. The number of nitrogen functional groups attached to an aromatic ring is 1. The molecule has 0 aliphatic carbocycles. The van der Waals surface area contributed by atoms with Crippen LogP contribution in [0.5, 0.6) is 0 Å². The molecule has 0 atom stereocenters. The second kappa shape index (κ2) is 5.14. The maximum atomic E-state index is 5.97. The lowest BCUT2D eigenvalue weighted by Crippen LogP contribution is -2.29. The molecule has 0 fully saturated rings. The van der Waals surface area contributed by atoms with Gasteiger partial charge in [0.05, 0.1) is 6.20 Å². The van der Waals surface area contributed by atoms with E-state index in [0.717, 1.165) is 13.1 Å². The molecule has 0 unspecified atom stereocenters. The monoisotopic (exact) mass is 229 g/mol. The van der Waals surface area contributed by atoms with Crippen molar-refractivity contribution < 1.29 is 0 Å². The average molecular weight is 230 g/mol. The highest BCUT2D eigenvalue weighted by Gasteiger charge is 2.08. The van der Waals surface area contributed by atoms with E-state index in [-0.39, 0.29) is 5.95 Å². The molecule has 0 saturated heterocycles. The fraction of sp³-hybridized carbons (Fsp3) is 0.556. The van der Waals surface area contributed by atoms with Crippen LogP contribution >= 0.6 is 11.6 Å². The summed E-state index contributed by atoms with van der Waals surface area (Å²) in [7, 11) is 5.96. The normalized spacial score (nSPS) is 10.7. The van der Waals surface area contributed by atoms with E-state index in [9.17, 15) is 0 Å².